The monoisotopic (exact) mass is 522 g/mol. The fraction of sp³-hybridized carbons (Fsp3) is 0.0769. The van der Waals surface area contributed by atoms with Gasteiger partial charge in [0.25, 0.3) is 0 Å². The smallest absolute Gasteiger partial charge is 0.508 e. The average Bonchev–Trinajstić information content (AvgIpc) is 3.47. The third-order valence-electron chi connectivity index (χ3n) is 3.44. The summed E-state index contributed by atoms with van der Waals surface area (Å²) in [7, 11) is 0. The van der Waals surface area contributed by atoms with E-state index in [2.05, 4.69) is 10.6 Å². The normalized spacial score (nSPS) is 8.55. The van der Waals surface area contributed by atoms with Crippen molar-refractivity contribution in [2.24, 2.45) is 0 Å². The van der Waals surface area contributed by atoms with Crippen LogP contribution in [0, 0.1) is 0 Å². The molecule has 0 aliphatic heterocycles. The zero-order chi connectivity index (χ0) is 23.6. The first kappa shape index (κ1) is 29.6. The third-order valence-corrected chi connectivity index (χ3v) is 3.44. The Bertz CT molecular complexity index is 898. The number of carbonyl (C=O) groups is 2. The molecule has 2 amide bonds. The van der Waals surface area contributed by atoms with E-state index in [0.717, 1.165) is 0 Å². The first-order valence-corrected chi connectivity index (χ1v) is 9.83. The first-order valence-electron chi connectivity index (χ1n) is 9.83. The Hall–Kier alpha value is -3.44. The van der Waals surface area contributed by atoms with E-state index in [9.17, 15) is 9.59 Å². The predicted molar refractivity (Wildman–Crippen MR) is 129 cm³/mol. The quantitative estimate of drug-likeness (QED) is 0.260. The number of rotatable bonds is 2. The third kappa shape index (κ3) is 16.9. The van der Waals surface area contributed by atoms with Gasteiger partial charge in [-0.25, -0.2) is 24.3 Å². The van der Waals surface area contributed by atoms with Crippen LogP contribution in [0.25, 0.3) is 0 Å². The number of nitrogens with one attached hydrogen (secondary N) is 2. The van der Waals surface area contributed by atoms with Crippen LogP contribution >= 0.6 is 0 Å². The van der Waals surface area contributed by atoms with E-state index in [0.29, 0.717) is 11.4 Å². The van der Waals surface area contributed by atoms with Gasteiger partial charge in [-0.15, -0.1) is 0 Å². The van der Waals surface area contributed by atoms with Crippen LogP contribution in [0.4, 0.5) is 11.4 Å². The Morgan fingerprint density at radius 3 is 1.18 bits per heavy atom. The van der Waals surface area contributed by atoms with E-state index in [1.807, 2.05) is 60.7 Å². The Morgan fingerprint density at radius 1 is 0.636 bits per heavy atom. The summed E-state index contributed by atoms with van der Waals surface area (Å²) in [4.78, 5) is 21.1. The van der Waals surface area contributed by atoms with E-state index in [-0.39, 0.29) is 49.5 Å². The summed E-state index contributed by atoms with van der Waals surface area (Å²) in [5, 5.41) is 23.0. The summed E-state index contributed by atoms with van der Waals surface area (Å²) >= 11 is 0. The number of amides is 2. The second-order valence-corrected chi connectivity index (χ2v) is 6.39. The van der Waals surface area contributed by atoms with Crippen molar-refractivity contribution in [3.63, 3.8) is 0 Å². The van der Waals surface area contributed by atoms with Crippen molar-refractivity contribution in [2.75, 3.05) is 10.6 Å². The summed E-state index contributed by atoms with van der Waals surface area (Å²) in [6.07, 6.45) is 0. The molecule has 4 aromatic rings. The Kier molecular flexibility index (Phi) is 16.3. The number of anilines is 2. The van der Waals surface area contributed by atoms with Crippen LogP contribution in [0.15, 0.2) is 109 Å². The molecule has 0 unspecified atom stereocenters. The predicted octanol–water partition coefficient (Wildman–Crippen LogP) is 5.51. The van der Waals surface area contributed by atoms with Gasteiger partial charge in [-0.05, 0) is 24.3 Å². The standard InChI is InChI=1S/2C8H9NO2.2C5H5.Zr/c2*1-6(10)9-7-3-2-4-8(11)5-7;2*1-2-4-5-3-1;/h2*2-5,11H,1H3,(H,9,10);2*1-5H;/q;;2*-1;+2. The molecule has 0 aromatic heterocycles. The molecule has 0 bridgehead atoms. The van der Waals surface area contributed by atoms with Crippen molar-refractivity contribution < 1.29 is 46.0 Å². The summed E-state index contributed by atoms with van der Waals surface area (Å²) in [5.74, 6) is 0.0127. The number of aromatic hydroxyl groups is 2. The summed E-state index contributed by atoms with van der Waals surface area (Å²) in [5.41, 5.74) is 1.22. The molecule has 4 N–H and O–H groups in total. The molecule has 170 valence electrons. The van der Waals surface area contributed by atoms with Crippen molar-refractivity contribution in [2.45, 2.75) is 13.8 Å². The van der Waals surface area contributed by atoms with Gasteiger partial charge in [-0.2, -0.15) is 36.4 Å². The molecular formula is C26H28N2O4Zr. The molecule has 0 atom stereocenters. The maximum Gasteiger partial charge on any atom is 2.00 e. The van der Waals surface area contributed by atoms with E-state index < -0.39 is 0 Å². The van der Waals surface area contributed by atoms with Gasteiger partial charge in [0.2, 0.25) is 11.8 Å². The van der Waals surface area contributed by atoms with Crippen LogP contribution in [0.2, 0.25) is 0 Å². The first-order chi connectivity index (χ1) is 15.4. The Morgan fingerprint density at radius 2 is 0.970 bits per heavy atom. The van der Waals surface area contributed by atoms with Crippen LogP contribution in [0.1, 0.15) is 13.8 Å². The molecule has 0 fully saturated rings. The summed E-state index contributed by atoms with van der Waals surface area (Å²) in [6, 6.07) is 32.8. The molecule has 33 heavy (non-hydrogen) atoms. The van der Waals surface area contributed by atoms with Crippen molar-refractivity contribution in [1.29, 1.82) is 0 Å². The number of phenols is 2. The van der Waals surface area contributed by atoms with Gasteiger partial charge in [0.15, 0.2) is 0 Å². The molecule has 7 heteroatoms. The largest absolute Gasteiger partial charge is 2.00 e. The van der Waals surface area contributed by atoms with E-state index in [1.165, 1.54) is 26.0 Å². The topological polar surface area (TPSA) is 98.7 Å². The number of hydrogen-bond acceptors (Lipinski definition) is 4. The zero-order valence-corrected chi connectivity index (χ0v) is 21.1. The molecule has 0 aliphatic carbocycles. The maximum absolute atomic E-state index is 10.5. The van der Waals surface area contributed by atoms with Gasteiger partial charge >= 0.3 is 26.2 Å². The van der Waals surface area contributed by atoms with Gasteiger partial charge in [0.05, 0.1) is 0 Å². The minimum absolute atomic E-state index is 0. The maximum atomic E-state index is 10.5. The zero-order valence-electron chi connectivity index (χ0n) is 18.6. The van der Waals surface area contributed by atoms with E-state index in [4.69, 9.17) is 10.2 Å². The van der Waals surface area contributed by atoms with E-state index in [1.54, 1.807) is 36.4 Å². The minimum Gasteiger partial charge on any atom is -0.508 e. The van der Waals surface area contributed by atoms with Gasteiger partial charge in [-0.1, -0.05) is 12.1 Å². The summed E-state index contributed by atoms with van der Waals surface area (Å²) in [6.45, 7) is 2.84. The van der Waals surface area contributed by atoms with Crippen LogP contribution in [0.5, 0.6) is 11.5 Å². The summed E-state index contributed by atoms with van der Waals surface area (Å²) < 4.78 is 0. The van der Waals surface area contributed by atoms with Crippen molar-refractivity contribution in [1.82, 2.24) is 0 Å². The molecule has 0 aliphatic rings. The minimum atomic E-state index is -0.143. The second kappa shape index (κ2) is 18.2. The molecular weight excluding hydrogens is 496 g/mol. The fourth-order valence-electron chi connectivity index (χ4n) is 2.22. The van der Waals surface area contributed by atoms with Gasteiger partial charge < -0.3 is 20.8 Å². The molecule has 0 spiro atoms. The van der Waals surface area contributed by atoms with Gasteiger partial charge in [-0.3, -0.25) is 9.59 Å². The number of benzene rings is 2. The Labute approximate surface area is 213 Å². The molecule has 0 saturated heterocycles. The van der Waals surface area contributed by atoms with Gasteiger partial charge in [0, 0.05) is 37.4 Å². The SMILES string of the molecule is CC(=O)Nc1cccc(O)c1.CC(=O)Nc1cccc(O)c1.[Zr+2].c1cc[cH-]c1.c1cc[cH-]c1. The number of hydrogen-bond donors (Lipinski definition) is 4. The van der Waals surface area contributed by atoms with Crippen molar-refractivity contribution in [3.05, 3.63) is 109 Å². The van der Waals surface area contributed by atoms with Crippen molar-refractivity contribution in [3.8, 4) is 11.5 Å². The molecule has 4 aromatic carbocycles. The molecule has 0 heterocycles. The number of carbonyl (C=O) groups excluding carboxylic acids is 2. The van der Waals surface area contributed by atoms with E-state index >= 15 is 0 Å². The number of phenolic OH excluding ortho intramolecular Hbond substituents is 2. The van der Waals surface area contributed by atoms with Crippen LogP contribution in [-0.4, -0.2) is 22.0 Å². The average molecular weight is 524 g/mol. The molecule has 0 saturated carbocycles. The van der Waals surface area contributed by atoms with Crippen LogP contribution in [0.3, 0.4) is 0 Å². The molecule has 6 nitrogen and oxygen atoms in total. The van der Waals surface area contributed by atoms with Crippen LogP contribution < -0.4 is 10.6 Å². The Balaban J connectivity index is 0.000000434. The van der Waals surface area contributed by atoms with Gasteiger partial charge in [0.1, 0.15) is 11.5 Å². The molecule has 4 rings (SSSR count). The second-order valence-electron chi connectivity index (χ2n) is 6.39. The van der Waals surface area contributed by atoms with Crippen molar-refractivity contribution >= 4 is 23.2 Å². The van der Waals surface area contributed by atoms with Crippen LogP contribution in [-0.2, 0) is 35.8 Å². The fourth-order valence-corrected chi connectivity index (χ4v) is 2.22. The molecule has 0 radical (unpaired) electrons.